The maximum Gasteiger partial charge on any atom is 0.227 e. The number of benzene rings is 1. The molecule has 0 aliphatic carbocycles. The average molecular weight is 357 g/mol. The van der Waals surface area contributed by atoms with Crippen molar-refractivity contribution >= 4 is 17.5 Å². The first-order valence-corrected chi connectivity index (χ1v) is 9.10. The van der Waals surface area contributed by atoms with Gasteiger partial charge in [0.1, 0.15) is 0 Å². The van der Waals surface area contributed by atoms with Gasteiger partial charge in [0.15, 0.2) is 5.82 Å². The molecular weight excluding hydrogens is 336 g/mol. The normalized spacial score (nSPS) is 23.8. The maximum absolute atomic E-state index is 12.3. The van der Waals surface area contributed by atoms with E-state index in [9.17, 15) is 4.79 Å². The van der Waals surface area contributed by atoms with E-state index in [0.717, 1.165) is 56.6 Å². The Bertz CT molecular complexity index is 762. The molecule has 0 saturated carbocycles. The molecule has 5 nitrogen and oxygen atoms in total. The second kappa shape index (κ2) is 6.73. The molecule has 1 amide bonds. The molecule has 2 fully saturated rings. The number of halogens is 1. The Morgan fingerprint density at radius 1 is 1.16 bits per heavy atom. The van der Waals surface area contributed by atoms with Crippen LogP contribution in [0.2, 0.25) is 5.02 Å². The number of hydrogen-bond acceptors (Lipinski definition) is 4. The molecule has 2 aliphatic heterocycles. The van der Waals surface area contributed by atoms with Gasteiger partial charge >= 0.3 is 0 Å². The number of likely N-dealkylation sites (tertiary alicyclic amines) is 1. The molecule has 25 heavy (non-hydrogen) atoms. The number of nitrogens with one attached hydrogen (secondary N) is 1. The van der Waals surface area contributed by atoms with Crippen LogP contribution in [0.3, 0.4) is 0 Å². The highest BCUT2D eigenvalue weighted by molar-refractivity contribution is 6.30. The summed E-state index contributed by atoms with van der Waals surface area (Å²) in [4.78, 5) is 23.6. The van der Waals surface area contributed by atoms with E-state index >= 15 is 0 Å². The van der Waals surface area contributed by atoms with Crippen LogP contribution in [0.4, 0.5) is 0 Å². The maximum atomic E-state index is 12.3. The van der Waals surface area contributed by atoms with Crippen LogP contribution in [0.25, 0.3) is 11.4 Å². The van der Waals surface area contributed by atoms with Gasteiger partial charge < -0.3 is 5.32 Å². The first-order valence-electron chi connectivity index (χ1n) is 8.72. The zero-order valence-electron chi connectivity index (χ0n) is 14.0. The van der Waals surface area contributed by atoms with Gasteiger partial charge in [-0.2, -0.15) is 0 Å². The van der Waals surface area contributed by atoms with Crippen molar-refractivity contribution in [2.45, 2.75) is 25.8 Å². The lowest BCUT2D eigenvalue weighted by Crippen LogP contribution is -2.47. The lowest BCUT2D eigenvalue weighted by atomic mass is 9.79. The van der Waals surface area contributed by atoms with Crippen LogP contribution in [-0.2, 0) is 11.3 Å². The minimum Gasteiger partial charge on any atom is -0.356 e. The van der Waals surface area contributed by atoms with Gasteiger partial charge in [-0.1, -0.05) is 11.6 Å². The highest BCUT2D eigenvalue weighted by Crippen LogP contribution is 2.37. The first-order chi connectivity index (χ1) is 12.1. The fourth-order valence-corrected chi connectivity index (χ4v) is 3.98. The Hall–Kier alpha value is -1.98. The summed E-state index contributed by atoms with van der Waals surface area (Å²) in [5, 5.41) is 3.73. The summed E-state index contributed by atoms with van der Waals surface area (Å²) in [6.45, 7) is 3.39. The monoisotopic (exact) mass is 356 g/mol. The van der Waals surface area contributed by atoms with E-state index in [0.29, 0.717) is 10.8 Å². The molecule has 0 radical (unpaired) electrons. The molecule has 1 aromatic heterocycles. The fraction of sp³-hybridized carbons (Fsp3) is 0.421. The molecule has 2 aromatic rings. The Morgan fingerprint density at radius 2 is 1.92 bits per heavy atom. The van der Waals surface area contributed by atoms with Crippen molar-refractivity contribution in [1.29, 1.82) is 0 Å². The third-order valence-corrected chi connectivity index (χ3v) is 5.50. The van der Waals surface area contributed by atoms with E-state index < -0.39 is 0 Å². The summed E-state index contributed by atoms with van der Waals surface area (Å²) in [5.41, 5.74) is 1.85. The third-order valence-electron chi connectivity index (χ3n) is 5.25. The van der Waals surface area contributed by atoms with E-state index in [-0.39, 0.29) is 11.3 Å². The molecular formula is C19H21ClN4O. The fourth-order valence-electron chi connectivity index (χ4n) is 3.86. The number of amides is 1. The smallest absolute Gasteiger partial charge is 0.227 e. The van der Waals surface area contributed by atoms with Gasteiger partial charge in [0, 0.05) is 48.2 Å². The van der Waals surface area contributed by atoms with Crippen LogP contribution in [-0.4, -0.2) is 40.4 Å². The zero-order valence-corrected chi connectivity index (χ0v) is 14.8. The molecule has 1 spiro atoms. The number of aromatic nitrogens is 2. The van der Waals surface area contributed by atoms with Crippen LogP contribution in [0.15, 0.2) is 36.7 Å². The first kappa shape index (κ1) is 16.5. The summed E-state index contributed by atoms with van der Waals surface area (Å²) in [6, 6.07) is 7.52. The molecule has 6 heteroatoms. The molecule has 3 heterocycles. The van der Waals surface area contributed by atoms with Gasteiger partial charge in [-0.15, -0.1) is 0 Å². The third kappa shape index (κ3) is 3.39. The standard InChI is InChI=1S/C19H21ClN4O/c20-16-4-2-15(3-5-16)17-22-10-14(11-23-17)12-24-9-7-19(13-24)6-1-8-21-18(19)25/h2-5,10-11H,1,6-9,12-13H2,(H,21,25). The molecule has 1 atom stereocenters. The van der Waals surface area contributed by atoms with Crippen molar-refractivity contribution in [2.75, 3.05) is 19.6 Å². The van der Waals surface area contributed by atoms with Crippen molar-refractivity contribution in [3.63, 3.8) is 0 Å². The number of nitrogens with zero attached hydrogens (tertiary/aromatic N) is 3. The largest absolute Gasteiger partial charge is 0.356 e. The van der Waals surface area contributed by atoms with Gasteiger partial charge in [-0.3, -0.25) is 9.69 Å². The van der Waals surface area contributed by atoms with Crippen LogP contribution in [0.1, 0.15) is 24.8 Å². The van der Waals surface area contributed by atoms with Crippen molar-refractivity contribution in [3.05, 3.63) is 47.2 Å². The predicted octanol–water partition coefficient (Wildman–Crippen LogP) is 2.90. The van der Waals surface area contributed by atoms with Crippen molar-refractivity contribution in [2.24, 2.45) is 5.41 Å². The Balaban J connectivity index is 1.42. The topological polar surface area (TPSA) is 58.1 Å². The molecule has 1 N–H and O–H groups in total. The molecule has 130 valence electrons. The summed E-state index contributed by atoms with van der Waals surface area (Å²) < 4.78 is 0. The van der Waals surface area contributed by atoms with Crippen molar-refractivity contribution < 1.29 is 4.79 Å². The number of carbonyl (C=O) groups is 1. The number of piperidine rings is 1. The van der Waals surface area contributed by atoms with Crippen molar-refractivity contribution in [1.82, 2.24) is 20.2 Å². The Morgan fingerprint density at radius 3 is 2.64 bits per heavy atom. The number of hydrogen-bond donors (Lipinski definition) is 1. The molecule has 2 aliphatic rings. The van der Waals surface area contributed by atoms with Crippen LogP contribution in [0, 0.1) is 5.41 Å². The van der Waals surface area contributed by atoms with Gasteiger partial charge in [-0.25, -0.2) is 9.97 Å². The predicted molar refractivity (Wildman–Crippen MR) is 97.0 cm³/mol. The minimum atomic E-state index is -0.178. The van der Waals surface area contributed by atoms with Crippen LogP contribution in [0.5, 0.6) is 0 Å². The van der Waals surface area contributed by atoms with E-state index in [1.54, 1.807) is 0 Å². The molecule has 2 saturated heterocycles. The molecule has 1 unspecified atom stereocenters. The lowest BCUT2D eigenvalue weighted by molar-refractivity contribution is -0.132. The molecule has 0 bridgehead atoms. The van der Waals surface area contributed by atoms with E-state index in [1.807, 2.05) is 36.7 Å². The van der Waals surface area contributed by atoms with Gasteiger partial charge in [-0.05, 0) is 50.1 Å². The van der Waals surface area contributed by atoms with Crippen LogP contribution < -0.4 is 5.32 Å². The van der Waals surface area contributed by atoms with Crippen molar-refractivity contribution in [3.8, 4) is 11.4 Å². The van der Waals surface area contributed by atoms with E-state index in [4.69, 9.17) is 11.6 Å². The summed E-state index contributed by atoms with van der Waals surface area (Å²) in [5.74, 6) is 0.931. The second-order valence-electron chi connectivity index (χ2n) is 7.02. The molecule has 1 aromatic carbocycles. The summed E-state index contributed by atoms with van der Waals surface area (Å²) in [7, 11) is 0. The second-order valence-corrected chi connectivity index (χ2v) is 7.46. The minimum absolute atomic E-state index is 0.178. The highest BCUT2D eigenvalue weighted by Gasteiger charge is 2.45. The zero-order chi connectivity index (χ0) is 17.3. The molecule has 4 rings (SSSR count). The number of rotatable bonds is 3. The van der Waals surface area contributed by atoms with Gasteiger partial charge in [0.05, 0.1) is 5.41 Å². The Kier molecular flexibility index (Phi) is 4.44. The highest BCUT2D eigenvalue weighted by atomic mass is 35.5. The average Bonchev–Trinajstić information content (AvgIpc) is 3.03. The quantitative estimate of drug-likeness (QED) is 0.918. The number of carbonyl (C=O) groups excluding carboxylic acids is 1. The lowest BCUT2D eigenvalue weighted by Gasteiger charge is -2.32. The van der Waals surface area contributed by atoms with Gasteiger partial charge in [0.25, 0.3) is 0 Å². The van der Waals surface area contributed by atoms with Crippen LogP contribution >= 0.6 is 11.6 Å². The summed E-state index contributed by atoms with van der Waals surface area (Å²) in [6.07, 6.45) is 6.79. The Labute approximate surface area is 152 Å². The summed E-state index contributed by atoms with van der Waals surface area (Å²) >= 11 is 5.92. The SMILES string of the molecule is O=C1NCCCC12CCN(Cc1cnc(-c3ccc(Cl)cc3)nc1)C2. The van der Waals surface area contributed by atoms with E-state index in [1.165, 1.54) is 0 Å². The van der Waals surface area contributed by atoms with E-state index in [2.05, 4.69) is 20.2 Å². The van der Waals surface area contributed by atoms with Gasteiger partial charge in [0.2, 0.25) is 5.91 Å².